The van der Waals surface area contributed by atoms with E-state index in [4.69, 9.17) is 0 Å². The minimum absolute atomic E-state index is 0.280. The van der Waals surface area contributed by atoms with E-state index in [1.54, 1.807) is 11.3 Å². The molecule has 0 saturated carbocycles. The molecular formula is C14H19N3S. The van der Waals surface area contributed by atoms with Crippen LogP contribution in [0.15, 0.2) is 18.5 Å². The van der Waals surface area contributed by atoms with Crippen LogP contribution in [0.5, 0.6) is 0 Å². The fourth-order valence-electron chi connectivity index (χ4n) is 2.01. The highest BCUT2D eigenvalue weighted by Crippen LogP contribution is 2.22. The van der Waals surface area contributed by atoms with Crippen molar-refractivity contribution in [2.24, 2.45) is 0 Å². The zero-order chi connectivity index (χ0) is 13.1. The molecule has 0 aliphatic rings. The molecule has 96 valence electrons. The van der Waals surface area contributed by atoms with Crippen LogP contribution < -0.4 is 5.32 Å². The van der Waals surface area contributed by atoms with Gasteiger partial charge in [-0.15, -0.1) is 11.3 Å². The Kier molecular flexibility index (Phi) is 4.09. The maximum Gasteiger partial charge on any atom is 0.0900 e. The molecule has 1 unspecified atom stereocenters. The van der Waals surface area contributed by atoms with Crippen molar-refractivity contribution in [3.8, 4) is 0 Å². The van der Waals surface area contributed by atoms with E-state index < -0.39 is 0 Å². The highest BCUT2D eigenvalue weighted by molar-refractivity contribution is 7.11. The van der Waals surface area contributed by atoms with Gasteiger partial charge in [-0.3, -0.25) is 4.98 Å². The second-order valence-corrected chi connectivity index (χ2v) is 5.99. The number of nitrogens with one attached hydrogen (secondary N) is 1. The van der Waals surface area contributed by atoms with Gasteiger partial charge in [-0.2, -0.15) is 0 Å². The van der Waals surface area contributed by atoms with Crippen molar-refractivity contribution in [1.82, 2.24) is 15.3 Å². The minimum atomic E-state index is 0.280. The summed E-state index contributed by atoms with van der Waals surface area (Å²) in [5.74, 6) is 0. The summed E-state index contributed by atoms with van der Waals surface area (Å²) in [5.41, 5.74) is 3.69. The van der Waals surface area contributed by atoms with E-state index in [0.717, 1.165) is 11.6 Å². The summed E-state index contributed by atoms with van der Waals surface area (Å²) in [6, 6.07) is 2.34. The number of aromatic nitrogens is 2. The molecule has 0 aliphatic carbocycles. The maximum absolute atomic E-state index is 4.59. The van der Waals surface area contributed by atoms with Crippen LogP contribution >= 0.6 is 11.3 Å². The van der Waals surface area contributed by atoms with Gasteiger partial charge in [0.15, 0.2) is 0 Å². The van der Waals surface area contributed by atoms with Gasteiger partial charge < -0.3 is 5.32 Å². The number of hydrogen-bond donors (Lipinski definition) is 1. The van der Waals surface area contributed by atoms with Crippen LogP contribution in [0, 0.1) is 20.8 Å². The van der Waals surface area contributed by atoms with Gasteiger partial charge in [-0.25, -0.2) is 4.98 Å². The Bertz CT molecular complexity index is 534. The summed E-state index contributed by atoms with van der Waals surface area (Å²) >= 11 is 1.76. The van der Waals surface area contributed by atoms with E-state index in [1.165, 1.54) is 21.7 Å². The van der Waals surface area contributed by atoms with E-state index in [0.29, 0.717) is 0 Å². The summed E-state index contributed by atoms with van der Waals surface area (Å²) in [7, 11) is 0. The Hall–Kier alpha value is -1.26. The Morgan fingerprint density at radius 3 is 2.72 bits per heavy atom. The Balaban J connectivity index is 2.03. The summed E-state index contributed by atoms with van der Waals surface area (Å²) in [6.45, 7) is 9.30. The third-order valence-electron chi connectivity index (χ3n) is 3.08. The van der Waals surface area contributed by atoms with Gasteiger partial charge in [0.25, 0.3) is 0 Å². The van der Waals surface area contributed by atoms with Gasteiger partial charge in [0.2, 0.25) is 0 Å². The minimum Gasteiger partial charge on any atom is -0.305 e. The first-order valence-electron chi connectivity index (χ1n) is 6.14. The maximum atomic E-state index is 4.59. The lowest BCUT2D eigenvalue weighted by atomic mass is 10.1. The zero-order valence-electron chi connectivity index (χ0n) is 11.3. The van der Waals surface area contributed by atoms with Crippen LogP contribution in [0.1, 0.15) is 39.7 Å². The van der Waals surface area contributed by atoms with Crippen molar-refractivity contribution < 1.29 is 0 Å². The number of aryl methyl sites for hydroxylation is 3. The monoisotopic (exact) mass is 261 g/mol. The van der Waals surface area contributed by atoms with Gasteiger partial charge in [0.05, 0.1) is 10.7 Å². The van der Waals surface area contributed by atoms with Gasteiger partial charge >= 0.3 is 0 Å². The lowest BCUT2D eigenvalue weighted by Gasteiger charge is -2.13. The SMILES string of the molecule is Cc1nc(C(C)NCc2ccncc2C)c(C)s1. The van der Waals surface area contributed by atoms with E-state index in [9.17, 15) is 0 Å². The zero-order valence-corrected chi connectivity index (χ0v) is 12.1. The molecule has 1 atom stereocenters. The summed E-state index contributed by atoms with van der Waals surface area (Å²) in [6.07, 6.45) is 3.74. The normalized spacial score (nSPS) is 12.7. The molecule has 0 saturated heterocycles. The van der Waals surface area contributed by atoms with Crippen LogP contribution in [0.4, 0.5) is 0 Å². The van der Waals surface area contributed by atoms with E-state index in [2.05, 4.69) is 49.0 Å². The van der Waals surface area contributed by atoms with Crippen molar-refractivity contribution in [2.75, 3.05) is 0 Å². The van der Waals surface area contributed by atoms with Crippen molar-refractivity contribution in [1.29, 1.82) is 0 Å². The van der Waals surface area contributed by atoms with Crippen LogP contribution in [-0.4, -0.2) is 9.97 Å². The molecule has 2 aromatic heterocycles. The molecule has 0 bridgehead atoms. The molecular weight excluding hydrogens is 242 g/mol. The van der Waals surface area contributed by atoms with Gasteiger partial charge in [0.1, 0.15) is 0 Å². The first-order chi connectivity index (χ1) is 8.58. The molecule has 2 aromatic rings. The van der Waals surface area contributed by atoms with E-state index >= 15 is 0 Å². The molecule has 4 heteroatoms. The average Bonchev–Trinajstić information content (AvgIpc) is 2.67. The average molecular weight is 261 g/mol. The second-order valence-electron chi connectivity index (χ2n) is 4.58. The number of pyridine rings is 1. The van der Waals surface area contributed by atoms with Crippen LogP contribution in [-0.2, 0) is 6.54 Å². The predicted molar refractivity (Wildman–Crippen MR) is 75.8 cm³/mol. The molecule has 2 heterocycles. The number of hydrogen-bond acceptors (Lipinski definition) is 4. The molecule has 0 fully saturated rings. The third-order valence-corrected chi connectivity index (χ3v) is 3.99. The Labute approximate surface area is 112 Å². The molecule has 0 spiro atoms. The van der Waals surface area contributed by atoms with Crippen LogP contribution in [0.25, 0.3) is 0 Å². The highest BCUT2D eigenvalue weighted by Gasteiger charge is 2.12. The first-order valence-corrected chi connectivity index (χ1v) is 6.96. The molecule has 18 heavy (non-hydrogen) atoms. The molecule has 0 aromatic carbocycles. The first kappa shape index (κ1) is 13.2. The lowest BCUT2D eigenvalue weighted by Crippen LogP contribution is -2.19. The summed E-state index contributed by atoms with van der Waals surface area (Å²) < 4.78 is 0. The highest BCUT2D eigenvalue weighted by atomic mass is 32.1. The van der Waals surface area contributed by atoms with Crippen molar-refractivity contribution in [3.63, 3.8) is 0 Å². The number of rotatable bonds is 4. The van der Waals surface area contributed by atoms with Crippen molar-refractivity contribution in [2.45, 2.75) is 40.3 Å². The number of thiazole rings is 1. The third kappa shape index (κ3) is 2.94. The summed E-state index contributed by atoms with van der Waals surface area (Å²) in [5, 5.41) is 4.66. The van der Waals surface area contributed by atoms with Crippen LogP contribution in [0.3, 0.4) is 0 Å². The molecule has 3 nitrogen and oxygen atoms in total. The predicted octanol–water partition coefficient (Wildman–Crippen LogP) is 3.31. The van der Waals surface area contributed by atoms with Gasteiger partial charge in [-0.1, -0.05) is 0 Å². The molecule has 2 rings (SSSR count). The molecule has 1 N–H and O–H groups in total. The molecule has 0 amide bonds. The largest absolute Gasteiger partial charge is 0.305 e. The molecule has 0 radical (unpaired) electrons. The van der Waals surface area contributed by atoms with E-state index in [-0.39, 0.29) is 6.04 Å². The van der Waals surface area contributed by atoms with E-state index in [1.807, 2.05) is 12.4 Å². The van der Waals surface area contributed by atoms with Crippen molar-refractivity contribution >= 4 is 11.3 Å². The second kappa shape index (κ2) is 5.59. The van der Waals surface area contributed by atoms with Gasteiger partial charge in [0, 0.05) is 29.9 Å². The quantitative estimate of drug-likeness (QED) is 0.917. The molecule has 0 aliphatic heterocycles. The topological polar surface area (TPSA) is 37.8 Å². The Morgan fingerprint density at radius 1 is 1.33 bits per heavy atom. The summed E-state index contributed by atoms with van der Waals surface area (Å²) in [4.78, 5) is 10.0. The number of nitrogens with zero attached hydrogens (tertiary/aromatic N) is 2. The smallest absolute Gasteiger partial charge is 0.0900 e. The lowest BCUT2D eigenvalue weighted by molar-refractivity contribution is 0.559. The van der Waals surface area contributed by atoms with Crippen molar-refractivity contribution in [3.05, 3.63) is 45.2 Å². The standard InChI is InChI=1S/C14H19N3S/c1-9-7-15-6-5-13(9)8-16-10(2)14-11(3)18-12(4)17-14/h5-7,10,16H,8H2,1-4H3. The fourth-order valence-corrected chi connectivity index (χ4v) is 2.92. The Morgan fingerprint density at radius 2 is 2.11 bits per heavy atom. The van der Waals surface area contributed by atoms with Gasteiger partial charge in [-0.05, 0) is 44.9 Å². The fraction of sp³-hybridized carbons (Fsp3) is 0.429. The van der Waals surface area contributed by atoms with Crippen LogP contribution in [0.2, 0.25) is 0 Å².